The molecule has 0 aliphatic heterocycles. The van der Waals surface area contributed by atoms with Gasteiger partial charge in [-0.2, -0.15) is 0 Å². The van der Waals surface area contributed by atoms with Crippen LogP contribution in [0, 0.1) is 0 Å². The number of esters is 1. The maximum Gasteiger partial charge on any atom is 0.385 e. The Morgan fingerprint density at radius 2 is 1.16 bits per heavy atom. The van der Waals surface area contributed by atoms with Gasteiger partial charge in [0, 0.05) is 10.9 Å². The van der Waals surface area contributed by atoms with Crippen molar-refractivity contribution < 1.29 is 14.3 Å². The van der Waals surface area contributed by atoms with E-state index in [4.69, 9.17) is 4.74 Å². The van der Waals surface area contributed by atoms with E-state index in [9.17, 15) is 9.59 Å². The monoisotopic (exact) mass is 326 g/mol. The number of hydrogen-bond donors (Lipinski definition) is 0. The van der Waals surface area contributed by atoms with Crippen LogP contribution in [0.5, 0.6) is 5.75 Å². The minimum atomic E-state index is -0.882. The Morgan fingerprint density at radius 3 is 1.92 bits per heavy atom. The molecule has 0 aliphatic carbocycles. The van der Waals surface area contributed by atoms with E-state index in [2.05, 4.69) is 0 Å². The van der Waals surface area contributed by atoms with Crippen LogP contribution in [0.15, 0.2) is 84.9 Å². The first kappa shape index (κ1) is 15.1. The lowest BCUT2D eigenvalue weighted by molar-refractivity contribution is -0.129. The first-order valence-corrected chi connectivity index (χ1v) is 7.96. The molecule has 0 saturated heterocycles. The fourth-order valence-corrected chi connectivity index (χ4v) is 2.96. The summed E-state index contributed by atoms with van der Waals surface area (Å²) < 4.78 is 5.40. The molecule has 25 heavy (non-hydrogen) atoms. The van der Waals surface area contributed by atoms with Gasteiger partial charge < -0.3 is 4.74 Å². The molecule has 0 fully saturated rings. The maximum atomic E-state index is 12.6. The van der Waals surface area contributed by atoms with Crippen molar-refractivity contribution >= 4 is 33.3 Å². The molecule has 0 radical (unpaired) electrons. The average molecular weight is 326 g/mol. The number of hydrogen-bond acceptors (Lipinski definition) is 3. The number of carbonyl (C=O) groups is 2. The fourth-order valence-electron chi connectivity index (χ4n) is 2.96. The first-order valence-electron chi connectivity index (χ1n) is 7.96. The van der Waals surface area contributed by atoms with Crippen LogP contribution in [0.2, 0.25) is 0 Å². The largest absolute Gasteiger partial charge is 0.420 e. The lowest BCUT2D eigenvalue weighted by Gasteiger charge is -2.08. The third kappa shape index (κ3) is 2.76. The molecule has 3 heteroatoms. The fraction of sp³-hybridized carbons (Fsp3) is 0. The van der Waals surface area contributed by atoms with E-state index in [0.29, 0.717) is 11.3 Å². The molecular weight excluding hydrogens is 312 g/mol. The Hall–Kier alpha value is -3.46. The van der Waals surface area contributed by atoms with Gasteiger partial charge in [0.25, 0.3) is 5.78 Å². The summed E-state index contributed by atoms with van der Waals surface area (Å²) in [6.45, 7) is 0. The summed E-state index contributed by atoms with van der Waals surface area (Å²) in [6, 6.07) is 25.8. The van der Waals surface area contributed by atoms with Crippen molar-refractivity contribution in [3.05, 3.63) is 90.5 Å². The van der Waals surface area contributed by atoms with Crippen molar-refractivity contribution in [2.24, 2.45) is 0 Å². The van der Waals surface area contributed by atoms with Crippen LogP contribution in [0.25, 0.3) is 21.5 Å². The van der Waals surface area contributed by atoms with Gasteiger partial charge in [0.15, 0.2) is 0 Å². The van der Waals surface area contributed by atoms with Gasteiger partial charge in [-0.25, -0.2) is 4.79 Å². The summed E-state index contributed by atoms with van der Waals surface area (Å²) in [5, 5.41) is 3.39. The molecule has 0 unspecified atom stereocenters. The van der Waals surface area contributed by atoms with Gasteiger partial charge in [0.2, 0.25) is 0 Å². The van der Waals surface area contributed by atoms with Gasteiger partial charge in [-0.15, -0.1) is 0 Å². The number of rotatable bonds is 3. The number of ether oxygens (including phenoxy) is 1. The molecule has 4 aromatic carbocycles. The van der Waals surface area contributed by atoms with Crippen LogP contribution in [0.4, 0.5) is 0 Å². The smallest absolute Gasteiger partial charge is 0.385 e. The molecule has 0 amide bonds. The maximum absolute atomic E-state index is 12.6. The molecule has 3 nitrogen and oxygen atoms in total. The van der Waals surface area contributed by atoms with Crippen molar-refractivity contribution in [2.45, 2.75) is 0 Å². The van der Waals surface area contributed by atoms with Crippen LogP contribution in [-0.2, 0) is 4.79 Å². The molecule has 0 aliphatic rings. The van der Waals surface area contributed by atoms with Gasteiger partial charge in [-0.05, 0) is 22.2 Å². The summed E-state index contributed by atoms with van der Waals surface area (Å²) in [5.41, 5.74) is 0.350. The topological polar surface area (TPSA) is 43.4 Å². The van der Waals surface area contributed by atoms with Gasteiger partial charge in [-0.1, -0.05) is 78.9 Å². The number of fused-ring (bicyclic) bond motifs is 2. The molecule has 0 heterocycles. The second-order valence-corrected chi connectivity index (χ2v) is 5.72. The van der Waals surface area contributed by atoms with E-state index in [1.165, 1.54) is 0 Å². The normalized spacial score (nSPS) is 10.7. The van der Waals surface area contributed by atoms with Crippen molar-refractivity contribution in [2.75, 3.05) is 0 Å². The minimum Gasteiger partial charge on any atom is -0.420 e. The van der Waals surface area contributed by atoms with E-state index in [0.717, 1.165) is 21.5 Å². The highest BCUT2D eigenvalue weighted by Crippen LogP contribution is 2.26. The van der Waals surface area contributed by atoms with Crippen LogP contribution in [-0.4, -0.2) is 11.8 Å². The molecule has 0 aromatic heterocycles. The molecule has 4 rings (SSSR count). The molecule has 0 N–H and O–H groups in total. The highest BCUT2D eigenvalue weighted by Gasteiger charge is 2.21. The Balaban J connectivity index is 1.70. The Morgan fingerprint density at radius 1 is 0.600 bits per heavy atom. The predicted octanol–water partition coefficient (Wildman–Crippen LogP) is 4.78. The lowest BCUT2D eigenvalue weighted by atomic mass is 10.0. The summed E-state index contributed by atoms with van der Waals surface area (Å²) >= 11 is 0. The molecule has 0 saturated carbocycles. The number of ketones is 1. The lowest BCUT2D eigenvalue weighted by Crippen LogP contribution is -2.20. The second-order valence-electron chi connectivity index (χ2n) is 5.72. The van der Waals surface area contributed by atoms with Gasteiger partial charge >= 0.3 is 5.97 Å². The Kier molecular flexibility index (Phi) is 3.75. The second kappa shape index (κ2) is 6.21. The zero-order valence-electron chi connectivity index (χ0n) is 13.3. The third-order valence-electron chi connectivity index (χ3n) is 4.17. The van der Waals surface area contributed by atoms with Crippen LogP contribution < -0.4 is 4.74 Å². The highest BCUT2D eigenvalue weighted by atomic mass is 16.5. The third-order valence-corrected chi connectivity index (χ3v) is 4.17. The molecule has 0 spiro atoms. The van der Waals surface area contributed by atoms with Crippen molar-refractivity contribution in [3.8, 4) is 5.75 Å². The molecular formula is C22H14O3. The standard InChI is InChI=1S/C22H14O3/c23-21(19-13-5-9-15-7-1-3-11-17(15)19)22(24)25-20-14-6-10-16-8-2-4-12-18(16)20/h1-14H. The Bertz CT molecular complexity index is 1100. The molecule has 4 aromatic rings. The van der Waals surface area contributed by atoms with E-state index in [1.54, 1.807) is 24.3 Å². The van der Waals surface area contributed by atoms with Gasteiger partial charge in [-0.3, -0.25) is 4.79 Å². The van der Waals surface area contributed by atoms with Gasteiger partial charge in [0.05, 0.1) is 0 Å². The zero-order valence-corrected chi connectivity index (χ0v) is 13.3. The van der Waals surface area contributed by atoms with Crippen molar-refractivity contribution in [1.29, 1.82) is 0 Å². The Labute approximate surface area is 144 Å². The molecule has 120 valence electrons. The molecule has 0 bridgehead atoms. The van der Waals surface area contributed by atoms with E-state index < -0.39 is 11.8 Å². The number of Topliss-reactive ketones (excluding diaryl/α,β-unsaturated/α-hetero) is 1. The van der Waals surface area contributed by atoms with Crippen molar-refractivity contribution in [3.63, 3.8) is 0 Å². The van der Waals surface area contributed by atoms with Gasteiger partial charge in [0.1, 0.15) is 5.75 Å². The van der Waals surface area contributed by atoms with E-state index in [1.807, 2.05) is 60.7 Å². The minimum absolute atomic E-state index is 0.350. The van der Waals surface area contributed by atoms with E-state index >= 15 is 0 Å². The van der Waals surface area contributed by atoms with Crippen LogP contribution in [0.1, 0.15) is 10.4 Å². The highest BCUT2D eigenvalue weighted by molar-refractivity contribution is 6.43. The first-order chi connectivity index (χ1) is 12.2. The predicted molar refractivity (Wildman–Crippen MR) is 97.9 cm³/mol. The van der Waals surface area contributed by atoms with Crippen molar-refractivity contribution in [1.82, 2.24) is 0 Å². The zero-order chi connectivity index (χ0) is 17.2. The number of benzene rings is 4. The van der Waals surface area contributed by atoms with E-state index in [-0.39, 0.29) is 0 Å². The summed E-state index contributed by atoms with van der Waals surface area (Å²) in [6.07, 6.45) is 0. The van der Waals surface area contributed by atoms with Crippen LogP contribution >= 0.6 is 0 Å². The number of carbonyl (C=O) groups excluding carboxylic acids is 2. The molecule has 0 atom stereocenters. The quantitative estimate of drug-likeness (QED) is 0.235. The summed E-state index contributed by atoms with van der Waals surface area (Å²) in [4.78, 5) is 25.1. The summed E-state index contributed by atoms with van der Waals surface area (Å²) in [7, 11) is 0. The van der Waals surface area contributed by atoms with Crippen LogP contribution in [0.3, 0.4) is 0 Å². The SMILES string of the molecule is O=C(Oc1cccc2ccccc12)C(=O)c1cccc2ccccc12. The summed E-state index contributed by atoms with van der Waals surface area (Å²) in [5.74, 6) is -1.14. The average Bonchev–Trinajstić information content (AvgIpc) is 2.67.